The summed E-state index contributed by atoms with van der Waals surface area (Å²) in [5.74, 6) is 2.76. The van der Waals surface area contributed by atoms with E-state index >= 15 is 0 Å². The number of benzene rings is 13. The van der Waals surface area contributed by atoms with Crippen molar-refractivity contribution in [2.45, 2.75) is 24.7 Å². The molecule has 0 saturated heterocycles. The minimum absolute atomic E-state index is 0.0672. The standard InChI is InChI=1S/C76H46NO2.C6H2Cl4O2.Bi/c1-46-27-31-50(32-28-46)77-51-33-37-55(48-29-35-63-61-19-7-13-25-69(61)75(71(63)41-48)65-21-9-3-15-57(65)58-16-4-10-22-66(58)75)73(43-51)78-53-39-47(2)40-54(45-53)79-74-44-52(77)34-38-56(74)49-30-36-64-62-20-8-14-26-70(62)76(72(64)42-49)67-23-11-5-17-59(67)60-18-6-12-24-68(60)76;7-1-2(8)4(10)6(12)5(11)3(1)9;/h3-42H,1-2H3;11-12H;/q;;+2/p-2. The van der Waals surface area contributed by atoms with Gasteiger partial charge in [0, 0.05) is 0 Å². The van der Waals surface area contributed by atoms with Crippen LogP contribution in [-0.4, -0.2) is 19.7 Å². The van der Waals surface area contributed by atoms with Crippen molar-refractivity contribution in [2.24, 2.45) is 0 Å². The van der Waals surface area contributed by atoms with Gasteiger partial charge in [-0.15, -0.1) is 0 Å². The number of halogens is 4. The average molecular weight is 1460 g/mol. The fourth-order valence-electron chi connectivity index (χ4n) is 17.8. The maximum atomic E-state index is 8.36. The Morgan fingerprint density at radius 1 is 0.304 bits per heavy atom. The van der Waals surface area contributed by atoms with E-state index in [1.807, 2.05) is 0 Å². The van der Waals surface area contributed by atoms with E-state index < -0.39 is 30.5 Å². The van der Waals surface area contributed by atoms with Gasteiger partial charge in [0.1, 0.15) is 0 Å². The normalized spacial score (nSPS) is 16.5. The van der Waals surface area contributed by atoms with Crippen molar-refractivity contribution >= 4 is 92.9 Å². The zero-order valence-electron chi connectivity index (χ0n) is 49.1. The quantitative estimate of drug-likeness (QED) is 0.100. The summed E-state index contributed by atoms with van der Waals surface area (Å²) in [4.78, 5) is 2.33. The molecule has 436 valence electrons. The Kier molecular flexibility index (Phi) is 10.1. The molecule has 0 amide bonds. The Labute approximate surface area is 552 Å². The summed E-state index contributed by atoms with van der Waals surface area (Å²) in [7, 11) is 0. The van der Waals surface area contributed by atoms with Crippen LogP contribution in [0.5, 0.6) is 34.5 Å². The van der Waals surface area contributed by atoms with Gasteiger partial charge in [0.25, 0.3) is 0 Å². The van der Waals surface area contributed by atoms with Crippen molar-refractivity contribution in [3.63, 3.8) is 0 Å². The molecule has 10 heteroatoms. The van der Waals surface area contributed by atoms with Crippen LogP contribution in [0.15, 0.2) is 243 Å². The first-order valence-corrected chi connectivity index (χ1v) is 40.5. The maximum absolute atomic E-state index is 8.36. The molecule has 0 aromatic heterocycles. The number of nitrogens with zero attached hydrogens (tertiary/aromatic N) is 1. The van der Waals surface area contributed by atoms with E-state index in [-0.39, 0.29) is 31.6 Å². The van der Waals surface area contributed by atoms with Gasteiger partial charge in [0.15, 0.2) is 0 Å². The number of ether oxygens (including phenoxy) is 2. The molecule has 0 atom stereocenters. The first kappa shape index (κ1) is 52.5. The molecule has 0 fully saturated rings. The first-order valence-electron chi connectivity index (χ1n) is 30.9. The van der Waals surface area contributed by atoms with Gasteiger partial charge in [-0.3, -0.25) is 0 Å². The van der Waals surface area contributed by atoms with Crippen molar-refractivity contribution < 1.29 is 15.1 Å². The molecular weight excluding hydrogens is 1410 g/mol. The number of hydrogen-bond acceptors (Lipinski definition) is 5. The number of fused-ring (bicyclic) bond motifs is 21. The van der Waals surface area contributed by atoms with E-state index in [1.54, 1.807) is 0 Å². The second-order valence-corrected chi connectivity index (χ2v) is 41.0. The van der Waals surface area contributed by atoms with Crippen molar-refractivity contribution in [3.05, 3.63) is 318 Å². The van der Waals surface area contributed by atoms with Crippen molar-refractivity contribution in [3.8, 4) is 101 Å². The zero-order valence-corrected chi connectivity index (χ0v) is 55.6. The number of aryl methyl sites for hydroxylation is 2. The van der Waals surface area contributed by atoms with E-state index in [0.717, 1.165) is 57.0 Å². The predicted octanol–water partition coefficient (Wildman–Crippen LogP) is 20.8. The molecule has 21 rings (SSSR count). The van der Waals surface area contributed by atoms with Gasteiger partial charge < -0.3 is 0 Å². The van der Waals surface area contributed by atoms with Crippen LogP contribution in [0.25, 0.3) is 66.8 Å². The summed E-state index contributed by atoms with van der Waals surface area (Å²) in [6, 6.07) is 89.1. The van der Waals surface area contributed by atoms with Crippen molar-refractivity contribution in [1.29, 1.82) is 0 Å². The summed E-state index contributed by atoms with van der Waals surface area (Å²) in [6.45, 7) is 4.19. The summed E-state index contributed by atoms with van der Waals surface area (Å²) in [6.07, 6.45) is 0. The molecule has 0 radical (unpaired) electrons. The van der Waals surface area contributed by atoms with E-state index in [9.17, 15) is 0 Å². The van der Waals surface area contributed by atoms with E-state index in [4.69, 9.17) is 61.5 Å². The van der Waals surface area contributed by atoms with Gasteiger partial charge in [-0.2, -0.15) is 0 Å². The summed E-state index contributed by atoms with van der Waals surface area (Å²) < 4.78 is 34.6. The second kappa shape index (κ2) is 17.7. The van der Waals surface area contributed by atoms with Crippen LogP contribution in [0.1, 0.15) is 55.6 Å². The molecule has 3 spiro atoms. The van der Waals surface area contributed by atoms with Gasteiger partial charge in [0.2, 0.25) is 0 Å². The van der Waals surface area contributed by atoms with E-state index in [0.29, 0.717) is 26.3 Å². The van der Waals surface area contributed by atoms with Crippen LogP contribution >= 0.6 is 46.4 Å². The average Bonchev–Trinajstić information content (AvgIpc) is 1.11. The molecule has 4 aliphatic heterocycles. The fraction of sp³-hybridized carbons (Fsp3) is 0.0488. The molecule has 13 aromatic carbocycles. The molecular formula is C82H46BiCl4NO4. The third-order valence-corrected chi connectivity index (χ3v) is 41.6. The van der Waals surface area contributed by atoms with Crippen LogP contribution < -0.4 is 29.8 Å². The Morgan fingerprint density at radius 2 is 0.641 bits per heavy atom. The molecule has 92 heavy (non-hydrogen) atoms. The molecule has 8 aliphatic rings. The second-order valence-electron chi connectivity index (χ2n) is 25.5. The monoisotopic (exact) mass is 1460 g/mol. The van der Waals surface area contributed by atoms with Crippen LogP contribution in [0, 0.1) is 13.8 Å². The molecule has 0 N–H and O–H groups in total. The van der Waals surface area contributed by atoms with Gasteiger partial charge in [-0.25, -0.2) is 0 Å². The number of hydrogen-bond donors (Lipinski definition) is 0. The fourth-order valence-corrected chi connectivity index (χ4v) is 40.8. The van der Waals surface area contributed by atoms with E-state index in [2.05, 4.69) is 261 Å². The molecule has 5 nitrogen and oxygen atoms in total. The third kappa shape index (κ3) is 5.94. The van der Waals surface area contributed by atoms with Gasteiger partial charge in [-0.05, 0) is 0 Å². The summed E-state index contributed by atoms with van der Waals surface area (Å²) in [5.41, 5.74) is 26.7. The zero-order chi connectivity index (χ0) is 61.1. The Balaban J connectivity index is 0.884. The first-order chi connectivity index (χ1) is 45.0. The van der Waals surface area contributed by atoms with Gasteiger partial charge >= 0.3 is 557 Å². The number of anilines is 3. The molecule has 0 saturated carbocycles. The summed E-state index contributed by atoms with van der Waals surface area (Å²) in [5, 5.41) is 0.336. The molecule has 0 unspecified atom stereocenters. The SMILES string of the molecule is Cc1ccc(N2c3ccc(-c4ccc5c(c4)C4(c6ccccc6-c6ccccc64)c4ccccc4-5)c4[c]3[Bi]35([O]c6c(Cl)c(Cl)c(Cl)c(Cl)c6[O]3)[c]3c(cc(C)cc3Oc3c(-c6ccc7c(c6)C6(c8ccccc8-c8ccccc86)c6ccccc6-7)ccc2[c]35)O4)cc1. The summed E-state index contributed by atoms with van der Waals surface area (Å²) >= 11 is 22.6. The number of rotatable bonds is 3. The van der Waals surface area contributed by atoms with Crippen LogP contribution in [0.4, 0.5) is 17.1 Å². The van der Waals surface area contributed by atoms with E-state index in [1.165, 1.54) is 89.0 Å². The molecule has 0 bridgehead atoms. The third-order valence-electron chi connectivity index (χ3n) is 21.2. The van der Waals surface area contributed by atoms with Gasteiger partial charge in [-0.1, -0.05) is 0 Å². The Morgan fingerprint density at radius 3 is 1.01 bits per heavy atom. The van der Waals surface area contributed by atoms with Crippen LogP contribution in [-0.2, 0) is 10.8 Å². The Bertz CT molecular complexity index is 5230. The molecule has 4 aliphatic carbocycles. The van der Waals surface area contributed by atoms with Crippen LogP contribution in [0.3, 0.4) is 0 Å². The Hall–Kier alpha value is -9.10. The minimum atomic E-state index is -6.92. The van der Waals surface area contributed by atoms with Crippen molar-refractivity contribution in [1.82, 2.24) is 0 Å². The van der Waals surface area contributed by atoms with Gasteiger partial charge in [0.05, 0.1) is 0 Å². The van der Waals surface area contributed by atoms with Crippen LogP contribution in [0.2, 0.25) is 20.1 Å². The van der Waals surface area contributed by atoms with Crippen molar-refractivity contribution in [2.75, 3.05) is 4.90 Å². The molecule has 4 heterocycles. The topological polar surface area (TPSA) is 40.2 Å². The molecule has 13 aromatic rings. The predicted molar refractivity (Wildman–Crippen MR) is 373 cm³/mol.